The van der Waals surface area contributed by atoms with E-state index in [2.05, 4.69) is 129 Å². The molecule has 0 aromatic heterocycles. The average molecular weight is 913 g/mol. The Hall–Kier alpha value is -3.21. The van der Waals surface area contributed by atoms with Crippen molar-refractivity contribution in [3.05, 3.63) is 122 Å². The van der Waals surface area contributed by atoms with E-state index in [1.165, 1.54) is 128 Å². The van der Waals surface area contributed by atoms with Crippen LogP contribution in [0.4, 0.5) is 0 Å². The lowest BCUT2D eigenvalue weighted by Gasteiger charge is -2.19. The molecule has 0 fully saturated rings. The second kappa shape index (κ2) is 56.1. The quantitative estimate of drug-likeness (QED) is 0.0421. The van der Waals surface area contributed by atoms with Gasteiger partial charge in [-0.1, -0.05) is 270 Å². The maximum atomic E-state index is 12.5. The molecule has 1 amide bonds. The molecule has 0 saturated carbocycles. The van der Waals surface area contributed by atoms with Crippen molar-refractivity contribution in [3.8, 4) is 0 Å². The van der Waals surface area contributed by atoms with E-state index < -0.39 is 12.1 Å². The number of hydrogen-bond donors (Lipinski definition) is 3. The first-order chi connectivity index (χ1) is 32.7. The molecule has 0 aliphatic rings. The fourth-order valence-electron chi connectivity index (χ4n) is 7.76. The normalized spacial score (nSPS) is 13.8. The zero-order valence-corrected chi connectivity index (χ0v) is 43.2. The van der Waals surface area contributed by atoms with E-state index in [4.69, 9.17) is 0 Å². The fourth-order valence-corrected chi connectivity index (χ4v) is 7.76. The van der Waals surface area contributed by atoms with Gasteiger partial charge in [-0.3, -0.25) is 4.79 Å². The lowest BCUT2D eigenvalue weighted by molar-refractivity contribution is -0.123. The van der Waals surface area contributed by atoms with Gasteiger partial charge in [-0.2, -0.15) is 0 Å². The Morgan fingerprint density at radius 3 is 1.00 bits per heavy atom. The molecule has 4 heteroatoms. The van der Waals surface area contributed by atoms with E-state index in [0.717, 1.165) is 96.3 Å². The van der Waals surface area contributed by atoms with Crippen LogP contribution < -0.4 is 5.32 Å². The van der Waals surface area contributed by atoms with Crippen LogP contribution in [0.5, 0.6) is 0 Å². The Morgan fingerprint density at radius 2 is 0.667 bits per heavy atom. The number of allylic oxidation sites excluding steroid dienone is 19. The van der Waals surface area contributed by atoms with Crippen molar-refractivity contribution < 1.29 is 15.0 Å². The van der Waals surface area contributed by atoms with Crippen molar-refractivity contribution in [1.82, 2.24) is 5.32 Å². The number of amides is 1. The van der Waals surface area contributed by atoms with Crippen LogP contribution in [0.2, 0.25) is 0 Å². The molecule has 66 heavy (non-hydrogen) atoms. The topological polar surface area (TPSA) is 69.6 Å². The molecule has 0 radical (unpaired) electrons. The monoisotopic (exact) mass is 912 g/mol. The van der Waals surface area contributed by atoms with Crippen LogP contribution >= 0.6 is 0 Å². The molecular weight excluding hydrogens is 807 g/mol. The van der Waals surface area contributed by atoms with E-state index in [0.29, 0.717) is 6.42 Å². The Morgan fingerprint density at radius 1 is 0.379 bits per heavy atom. The molecule has 0 aliphatic carbocycles. The summed E-state index contributed by atoms with van der Waals surface area (Å²) in [6, 6.07) is -0.650. The molecule has 2 unspecified atom stereocenters. The van der Waals surface area contributed by atoms with Crippen molar-refractivity contribution in [2.75, 3.05) is 6.61 Å². The summed E-state index contributed by atoms with van der Waals surface area (Å²) in [6.07, 6.45) is 86.3. The van der Waals surface area contributed by atoms with Crippen LogP contribution in [0, 0.1) is 0 Å². The second-order valence-electron chi connectivity index (χ2n) is 18.3. The summed E-state index contributed by atoms with van der Waals surface area (Å²) in [5, 5.41) is 23.1. The van der Waals surface area contributed by atoms with Gasteiger partial charge in [-0.25, -0.2) is 0 Å². The summed E-state index contributed by atoms with van der Waals surface area (Å²) in [4.78, 5) is 12.5. The summed E-state index contributed by atoms with van der Waals surface area (Å²) in [6.45, 7) is 4.19. The third-order valence-electron chi connectivity index (χ3n) is 12.0. The average Bonchev–Trinajstić information content (AvgIpc) is 3.32. The van der Waals surface area contributed by atoms with Crippen LogP contribution in [0.15, 0.2) is 122 Å². The molecule has 0 aromatic rings. The molecule has 0 heterocycles. The zero-order valence-electron chi connectivity index (χ0n) is 43.2. The highest BCUT2D eigenvalue weighted by Crippen LogP contribution is 2.16. The summed E-state index contributed by atoms with van der Waals surface area (Å²) in [7, 11) is 0. The van der Waals surface area contributed by atoms with Gasteiger partial charge in [-0.05, 0) is 89.9 Å². The number of unbranched alkanes of at least 4 members (excludes halogenated alkanes) is 24. The molecule has 0 rings (SSSR count). The summed E-state index contributed by atoms with van der Waals surface area (Å²) >= 11 is 0. The number of aliphatic hydroxyl groups excluding tert-OH is 2. The predicted molar refractivity (Wildman–Crippen MR) is 294 cm³/mol. The Bertz CT molecular complexity index is 1310. The predicted octanol–water partition coefficient (Wildman–Crippen LogP) is 18.5. The smallest absolute Gasteiger partial charge is 0.220 e. The molecule has 376 valence electrons. The molecule has 4 nitrogen and oxygen atoms in total. The Balaban J connectivity index is 3.68. The largest absolute Gasteiger partial charge is 0.394 e. The number of carbonyl (C=O) groups is 1. The number of carbonyl (C=O) groups excluding carboxylic acids is 1. The van der Waals surface area contributed by atoms with Gasteiger partial charge < -0.3 is 15.5 Å². The highest BCUT2D eigenvalue weighted by Gasteiger charge is 2.17. The highest BCUT2D eigenvalue weighted by molar-refractivity contribution is 5.76. The maximum Gasteiger partial charge on any atom is 0.220 e. The molecule has 2 atom stereocenters. The summed E-state index contributed by atoms with van der Waals surface area (Å²) in [5.41, 5.74) is 0. The Labute approximate surface area is 409 Å². The van der Waals surface area contributed by atoms with E-state index in [1.54, 1.807) is 6.08 Å². The third kappa shape index (κ3) is 51.8. The molecule has 0 saturated heterocycles. The van der Waals surface area contributed by atoms with E-state index in [-0.39, 0.29) is 12.5 Å². The van der Waals surface area contributed by atoms with E-state index >= 15 is 0 Å². The van der Waals surface area contributed by atoms with Gasteiger partial charge in [0.25, 0.3) is 0 Å². The van der Waals surface area contributed by atoms with E-state index in [9.17, 15) is 15.0 Å². The summed E-state index contributed by atoms with van der Waals surface area (Å²) in [5.74, 6) is -0.0991. The SMILES string of the molecule is CC/C=C\C/C=C\C/C=C\C/C=C\C/C=C\C/C=C\C/C=C\C/C=C\C/C=C\CCCCCC(=O)NC(CO)C(O)/C=C/CCCCCCCCCCCCCCCCCCCCCCC. The van der Waals surface area contributed by atoms with Crippen molar-refractivity contribution >= 4 is 5.91 Å². The Kier molecular flexibility index (Phi) is 53.4. The second-order valence-corrected chi connectivity index (χ2v) is 18.3. The van der Waals surface area contributed by atoms with Gasteiger partial charge in [0, 0.05) is 6.42 Å². The van der Waals surface area contributed by atoms with Crippen molar-refractivity contribution in [3.63, 3.8) is 0 Å². The highest BCUT2D eigenvalue weighted by atomic mass is 16.3. The minimum Gasteiger partial charge on any atom is -0.394 e. The van der Waals surface area contributed by atoms with Gasteiger partial charge in [0.15, 0.2) is 0 Å². The van der Waals surface area contributed by atoms with Crippen LogP contribution in [0.25, 0.3) is 0 Å². The van der Waals surface area contributed by atoms with Gasteiger partial charge in [0.1, 0.15) is 0 Å². The van der Waals surface area contributed by atoms with Gasteiger partial charge in [-0.15, -0.1) is 0 Å². The van der Waals surface area contributed by atoms with E-state index in [1.807, 2.05) is 6.08 Å². The third-order valence-corrected chi connectivity index (χ3v) is 12.0. The fraction of sp³-hybridized carbons (Fsp3) is 0.661. The van der Waals surface area contributed by atoms with Crippen LogP contribution in [-0.2, 0) is 4.79 Å². The number of rotatable bonds is 49. The molecule has 0 aliphatic heterocycles. The van der Waals surface area contributed by atoms with Crippen LogP contribution in [0.1, 0.15) is 245 Å². The van der Waals surface area contributed by atoms with Crippen LogP contribution in [-0.4, -0.2) is 34.9 Å². The molecule has 3 N–H and O–H groups in total. The maximum absolute atomic E-state index is 12.5. The van der Waals surface area contributed by atoms with Crippen molar-refractivity contribution in [1.29, 1.82) is 0 Å². The minimum absolute atomic E-state index is 0.0991. The van der Waals surface area contributed by atoms with Crippen molar-refractivity contribution in [2.24, 2.45) is 0 Å². The number of hydrogen-bond acceptors (Lipinski definition) is 3. The number of aliphatic hydroxyl groups is 2. The standard InChI is InChI=1S/C62H105NO3/c1-3-5-7-9-11-13-15-17-19-21-23-25-27-28-29-30-31-32-33-34-36-38-40-42-44-46-48-50-52-54-56-58-62(66)63-60(59-64)61(65)57-55-53-51-49-47-45-43-41-39-37-35-26-24-22-20-18-16-14-12-10-8-6-4-2/h5,7,11,13,17,19,23,25,28-29,31-32,34,36,40,42,46,48,55,57,60-61,64-65H,3-4,6,8-10,12,14-16,18,20-22,24,26-27,30,33,35,37-39,41,43-45,47,49-54,56,58-59H2,1-2H3,(H,63,66)/b7-5-,13-11-,19-17-,25-23-,29-28-,32-31-,36-34-,42-40-,48-46-,57-55+. The van der Waals surface area contributed by atoms with Crippen molar-refractivity contribution in [2.45, 2.75) is 257 Å². The first kappa shape index (κ1) is 62.8. The lowest BCUT2D eigenvalue weighted by Crippen LogP contribution is -2.45. The number of nitrogens with one attached hydrogen (secondary N) is 1. The molecular formula is C62H105NO3. The molecule has 0 spiro atoms. The zero-order chi connectivity index (χ0) is 47.7. The summed E-state index contributed by atoms with van der Waals surface area (Å²) < 4.78 is 0. The first-order valence-electron chi connectivity index (χ1n) is 27.7. The van der Waals surface area contributed by atoms with Gasteiger partial charge >= 0.3 is 0 Å². The van der Waals surface area contributed by atoms with Gasteiger partial charge in [0.2, 0.25) is 5.91 Å². The lowest BCUT2D eigenvalue weighted by atomic mass is 10.0. The van der Waals surface area contributed by atoms with Crippen LogP contribution in [0.3, 0.4) is 0 Å². The first-order valence-corrected chi connectivity index (χ1v) is 27.7. The molecule has 0 aromatic carbocycles. The molecule has 0 bridgehead atoms. The van der Waals surface area contributed by atoms with Gasteiger partial charge in [0.05, 0.1) is 18.8 Å². The minimum atomic E-state index is -0.864.